The monoisotopic (exact) mass is 540 g/mol. The predicted molar refractivity (Wildman–Crippen MR) is 180 cm³/mol. The quantitative estimate of drug-likeness (QED) is 0.148. The van der Waals surface area contributed by atoms with Gasteiger partial charge in [-0.3, -0.25) is 0 Å². The van der Waals surface area contributed by atoms with Crippen molar-refractivity contribution < 1.29 is 0 Å². The van der Waals surface area contributed by atoms with Crippen molar-refractivity contribution in [2.75, 3.05) is 0 Å². The van der Waals surface area contributed by atoms with Gasteiger partial charge in [0.1, 0.15) is 0 Å². The minimum Gasteiger partial charge on any atom is -0.233 e. The average molecular weight is 541 g/mol. The Morgan fingerprint density at radius 3 is 1.81 bits per heavy atom. The summed E-state index contributed by atoms with van der Waals surface area (Å²) in [6.07, 6.45) is 2.07. The number of rotatable bonds is 6. The van der Waals surface area contributed by atoms with Crippen LogP contribution in [-0.4, -0.2) is 11.5 Å². The maximum absolute atomic E-state index is 5.20. The molecule has 0 fully saturated rings. The van der Waals surface area contributed by atoms with Crippen molar-refractivity contribution in [3.8, 4) is 22.3 Å². The zero-order valence-electron chi connectivity index (χ0n) is 23.9. The van der Waals surface area contributed by atoms with Crippen LogP contribution in [0.2, 0.25) is 0 Å². The summed E-state index contributed by atoms with van der Waals surface area (Å²) >= 11 is 0. The molecule has 0 aromatic heterocycles. The molecule has 0 aliphatic rings. The van der Waals surface area contributed by atoms with E-state index in [1.165, 1.54) is 27.5 Å². The smallest absolute Gasteiger partial charge is 0.160 e. The third-order valence-electron chi connectivity index (χ3n) is 7.47. The summed E-state index contributed by atoms with van der Waals surface area (Å²) in [5.41, 5.74) is 9.65. The van der Waals surface area contributed by atoms with E-state index in [1.54, 1.807) is 0 Å². The van der Waals surface area contributed by atoms with Crippen molar-refractivity contribution in [2.24, 2.45) is 9.98 Å². The fourth-order valence-electron chi connectivity index (χ4n) is 5.34. The first-order valence-corrected chi connectivity index (χ1v) is 14.3. The van der Waals surface area contributed by atoms with Gasteiger partial charge in [-0.05, 0) is 52.9 Å². The molecule has 2 nitrogen and oxygen atoms in total. The Bertz CT molecular complexity index is 1920. The van der Waals surface area contributed by atoms with Gasteiger partial charge in [0.2, 0.25) is 0 Å². The highest BCUT2D eigenvalue weighted by molar-refractivity contribution is 6.14. The third-order valence-corrected chi connectivity index (χ3v) is 7.47. The lowest BCUT2D eigenvalue weighted by Crippen LogP contribution is -2.05. The van der Waals surface area contributed by atoms with E-state index in [-0.39, 0.29) is 0 Å². The topological polar surface area (TPSA) is 24.7 Å². The first-order valence-electron chi connectivity index (χ1n) is 14.3. The zero-order valence-corrected chi connectivity index (χ0v) is 23.9. The van der Waals surface area contributed by atoms with Crippen LogP contribution in [0.5, 0.6) is 0 Å². The molecule has 0 radical (unpaired) electrons. The van der Waals surface area contributed by atoms with Crippen LogP contribution in [0.15, 0.2) is 168 Å². The summed E-state index contributed by atoms with van der Waals surface area (Å²) in [6.45, 7) is 4.10. The minimum atomic E-state index is 0.681. The first kappa shape index (κ1) is 26.9. The molecular formula is C40H32N2. The van der Waals surface area contributed by atoms with Gasteiger partial charge >= 0.3 is 0 Å². The predicted octanol–water partition coefficient (Wildman–Crippen LogP) is 10.5. The fourth-order valence-corrected chi connectivity index (χ4v) is 5.34. The Hall–Kier alpha value is -5.34. The van der Waals surface area contributed by atoms with Crippen molar-refractivity contribution in [3.05, 3.63) is 174 Å². The molecule has 6 aromatic carbocycles. The van der Waals surface area contributed by atoms with Crippen LogP contribution in [0.1, 0.15) is 30.5 Å². The van der Waals surface area contributed by atoms with Crippen molar-refractivity contribution in [1.82, 2.24) is 0 Å². The van der Waals surface area contributed by atoms with Crippen LogP contribution in [0, 0.1) is 0 Å². The van der Waals surface area contributed by atoms with E-state index in [0.29, 0.717) is 5.84 Å². The van der Waals surface area contributed by atoms with E-state index >= 15 is 0 Å². The Kier molecular flexibility index (Phi) is 7.96. The van der Waals surface area contributed by atoms with Gasteiger partial charge in [-0.25, -0.2) is 9.98 Å². The minimum absolute atomic E-state index is 0.681. The summed E-state index contributed by atoms with van der Waals surface area (Å²) in [6, 6.07) is 52.7. The molecule has 0 amide bonds. The molecule has 42 heavy (non-hydrogen) atoms. The summed E-state index contributed by atoms with van der Waals surface area (Å²) in [5, 5.41) is 2.41. The van der Waals surface area contributed by atoms with Gasteiger partial charge in [0.15, 0.2) is 5.84 Å². The molecule has 6 rings (SSSR count). The van der Waals surface area contributed by atoms with Crippen LogP contribution in [-0.2, 0) is 0 Å². The van der Waals surface area contributed by atoms with Crippen molar-refractivity contribution in [1.29, 1.82) is 0 Å². The Morgan fingerprint density at radius 2 is 1.12 bits per heavy atom. The second-order valence-electron chi connectivity index (χ2n) is 10.2. The number of amidine groups is 1. The molecule has 2 heteroatoms. The van der Waals surface area contributed by atoms with Crippen LogP contribution >= 0.6 is 0 Å². The third kappa shape index (κ3) is 5.75. The van der Waals surface area contributed by atoms with Crippen LogP contribution in [0.3, 0.4) is 0 Å². The normalized spacial score (nSPS) is 12.5. The molecule has 0 unspecified atom stereocenters. The molecule has 0 bridgehead atoms. The number of benzene rings is 6. The maximum Gasteiger partial charge on any atom is 0.160 e. The molecule has 0 saturated heterocycles. The van der Waals surface area contributed by atoms with Gasteiger partial charge in [-0.2, -0.15) is 0 Å². The van der Waals surface area contributed by atoms with Gasteiger partial charge in [0.25, 0.3) is 0 Å². The SMILES string of the molecule is C/C=C(/N=C(\N=C(/C)c1ccccc1-c1ccccc1)c1ccccc1)c1ccc2cccc(-c3ccccc3)c2c1. The molecule has 0 saturated carbocycles. The van der Waals surface area contributed by atoms with E-state index in [4.69, 9.17) is 9.98 Å². The number of nitrogens with zero attached hydrogens (tertiary/aromatic N) is 2. The van der Waals surface area contributed by atoms with Crippen molar-refractivity contribution in [2.45, 2.75) is 13.8 Å². The van der Waals surface area contributed by atoms with E-state index in [0.717, 1.165) is 33.7 Å². The molecule has 0 atom stereocenters. The lowest BCUT2D eigenvalue weighted by Gasteiger charge is -2.12. The highest BCUT2D eigenvalue weighted by atomic mass is 14.9. The van der Waals surface area contributed by atoms with Gasteiger partial charge in [-0.1, -0.05) is 152 Å². The summed E-state index contributed by atoms with van der Waals surface area (Å²) in [4.78, 5) is 10.4. The Morgan fingerprint density at radius 1 is 0.524 bits per heavy atom. The van der Waals surface area contributed by atoms with Gasteiger partial charge < -0.3 is 0 Å². The number of hydrogen-bond donors (Lipinski definition) is 0. The van der Waals surface area contributed by atoms with Crippen LogP contribution in [0.4, 0.5) is 0 Å². The molecule has 0 heterocycles. The summed E-state index contributed by atoms with van der Waals surface area (Å²) in [5.74, 6) is 0.681. The van der Waals surface area contributed by atoms with E-state index < -0.39 is 0 Å². The molecular weight excluding hydrogens is 508 g/mol. The number of fused-ring (bicyclic) bond motifs is 1. The lowest BCUT2D eigenvalue weighted by molar-refractivity contribution is 1.43. The average Bonchev–Trinajstić information content (AvgIpc) is 3.07. The maximum atomic E-state index is 5.20. The van der Waals surface area contributed by atoms with Gasteiger partial charge in [-0.15, -0.1) is 0 Å². The molecule has 0 aliphatic heterocycles. The van der Waals surface area contributed by atoms with E-state index in [1.807, 2.05) is 31.2 Å². The van der Waals surface area contributed by atoms with Crippen molar-refractivity contribution in [3.63, 3.8) is 0 Å². The lowest BCUT2D eigenvalue weighted by atomic mass is 9.96. The molecule has 202 valence electrons. The number of allylic oxidation sites excluding steroid dienone is 1. The molecule has 0 spiro atoms. The second kappa shape index (κ2) is 12.4. The van der Waals surface area contributed by atoms with Crippen LogP contribution in [0.25, 0.3) is 38.7 Å². The first-order chi connectivity index (χ1) is 20.7. The molecule has 6 aromatic rings. The standard InChI is InChI=1S/C40H32N2/c1-3-39(34-27-26-32-22-15-25-37(38(32)28-34)31-18-9-5-10-19-31)42-40(33-20-11-6-12-21-33)41-29(2)35-23-13-14-24-36(35)30-16-7-4-8-17-30/h3-28H,1-2H3/b39-3+,41-29+,42-40-. The fraction of sp³-hybridized carbons (Fsp3) is 0.0500. The summed E-state index contributed by atoms with van der Waals surface area (Å²) in [7, 11) is 0. The highest BCUT2D eigenvalue weighted by Crippen LogP contribution is 2.32. The van der Waals surface area contributed by atoms with E-state index in [9.17, 15) is 0 Å². The van der Waals surface area contributed by atoms with Gasteiger partial charge in [0, 0.05) is 22.4 Å². The highest BCUT2D eigenvalue weighted by Gasteiger charge is 2.12. The Balaban J connectivity index is 1.46. The second-order valence-corrected chi connectivity index (χ2v) is 10.2. The molecule has 0 aliphatic carbocycles. The number of aliphatic imine (C=N–C) groups is 2. The van der Waals surface area contributed by atoms with Gasteiger partial charge in [0.05, 0.1) is 5.70 Å². The van der Waals surface area contributed by atoms with Crippen LogP contribution < -0.4 is 0 Å². The largest absolute Gasteiger partial charge is 0.233 e. The Labute approximate surface area is 248 Å². The molecule has 0 N–H and O–H groups in total. The number of hydrogen-bond acceptors (Lipinski definition) is 1. The summed E-state index contributed by atoms with van der Waals surface area (Å²) < 4.78 is 0. The van der Waals surface area contributed by atoms with Crippen molar-refractivity contribution >= 4 is 28.0 Å². The zero-order chi connectivity index (χ0) is 28.7. The van der Waals surface area contributed by atoms with E-state index in [2.05, 4.69) is 140 Å².